The van der Waals surface area contributed by atoms with Gasteiger partial charge in [-0.1, -0.05) is 0 Å². The van der Waals surface area contributed by atoms with Gasteiger partial charge < -0.3 is 10.1 Å². The second-order valence-corrected chi connectivity index (χ2v) is 4.34. The Bertz CT molecular complexity index is 318. The highest BCUT2D eigenvalue weighted by Gasteiger charge is 2.21. The van der Waals surface area contributed by atoms with E-state index in [9.17, 15) is 0 Å². The Kier molecular flexibility index (Phi) is 3.96. The highest BCUT2D eigenvalue weighted by Crippen LogP contribution is 2.24. The molecule has 0 amide bonds. The summed E-state index contributed by atoms with van der Waals surface area (Å²) in [7, 11) is 2.00. The molecule has 16 heavy (non-hydrogen) atoms. The number of hydrogen-bond donors (Lipinski definition) is 1. The molecule has 1 fully saturated rings. The molecular weight excluding hydrogens is 202 g/mol. The molecular formula is C12H21N3O. The Labute approximate surface area is 97.0 Å². The van der Waals surface area contributed by atoms with E-state index in [1.54, 1.807) is 0 Å². The molecule has 1 aromatic rings. The molecule has 4 heteroatoms. The van der Waals surface area contributed by atoms with Crippen molar-refractivity contribution in [2.45, 2.75) is 44.9 Å². The highest BCUT2D eigenvalue weighted by molar-refractivity contribution is 5.10. The predicted molar refractivity (Wildman–Crippen MR) is 63.3 cm³/mol. The third kappa shape index (κ3) is 2.62. The van der Waals surface area contributed by atoms with Crippen molar-refractivity contribution in [1.29, 1.82) is 0 Å². The zero-order valence-corrected chi connectivity index (χ0v) is 10.1. The van der Waals surface area contributed by atoms with Gasteiger partial charge >= 0.3 is 0 Å². The molecule has 2 atom stereocenters. The number of nitrogens with one attached hydrogen (secondary N) is 1. The van der Waals surface area contributed by atoms with Crippen LogP contribution in [0.5, 0.6) is 0 Å². The zero-order chi connectivity index (χ0) is 11.4. The molecule has 1 aromatic heterocycles. The van der Waals surface area contributed by atoms with E-state index < -0.39 is 0 Å². The van der Waals surface area contributed by atoms with Gasteiger partial charge in [0.05, 0.1) is 12.3 Å². The maximum Gasteiger partial charge on any atom is 0.0594 e. The van der Waals surface area contributed by atoms with Gasteiger partial charge in [-0.2, -0.15) is 5.10 Å². The van der Waals surface area contributed by atoms with Crippen LogP contribution in [0.4, 0.5) is 0 Å². The maximum atomic E-state index is 5.67. The van der Waals surface area contributed by atoms with Crippen LogP contribution < -0.4 is 5.32 Å². The van der Waals surface area contributed by atoms with Gasteiger partial charge in [0, 0.05) is 31.0 Å². The van der Waals surface area contributed by atoms with Crippen molar-refractivity contribution in [3.63, 3.8) is 0 Å². The van der Waals surface area contributed by atoms with Crippen LogP contribution in [0.25, 0.3) is 0 Å². The Morgan fingerprint density at radius 1 is 1.69 bits per heavy atom. The average Bonchev–Trinajstić information content (AvgIpc) is 2.96. The second kappa shape index (κ2) is 5.46. The first-order valence-electron chi connectivity index (χ1n) is 6.14. The van der Waals surface area contributed by atoms with E-state index >= 15 is 0 Å². The lowest BCUT2D eigenvalue weighted by Gasteiger charge is -2.18. The standard InChI is InChI=1S/C12H21N3O/c1-3-15-9-10(8-14-15)12(13-2)7-11-5-4-6-16-11/h8-9,11-13H,3-7H2,1-2H3. The van der Waals surface area contributed by atoms with Crippen molar-refractivity contribution in [2.75, 3.05) is 13.7 Å². The normalized spacial score (nSPS) is 22.5. The number of aryl methyl sites for hydroxylation is 1. The third-order valence-corrected chi connectivity index (χ3v) is 3.25. The van der Waals surface area contributed by atoms with Crippen molar-refractivity contribution in [1.82, 2.24) is 15.1 Å². The van der Waals surface area contributed by atoms with E-state index in [4.69, 9.17) is 4.74 Å². The second-order valence-electron chi connectivity index (χ2n) is 4.34. The average molecular weight is 223 g/mol. The number of ether oxygens (including phenoxy) is 1. The van der Waals surface area contributed by atoms with E-state index in [0.29, 0.717) is 12.1 Å². The van der Waals surface area contributed by atoms with Crippen LogP contribution in [0.2, 0.25) is 0 Å². The van der Waals surface area contributed by atoms with Gasteiger partial charge in [0.1, 0.15) is 0 Å². The molecule has 1 N–H and O–H groups in total. The summed E-state index contributed by atoms with van der Waals surface area (Å²) in [6.07, 6.45) is 7.94. The van der Waals surface area contributed by atoms with Crippen LogP contribution in [0.3, 0.4) is 0 Å². The van der Waals surface area contributed by atoms with Crippen molar-refractivity contribution in [3.8, 4) is 0 Å². The minimum atomic E-state index is 0.364. The Morgan fingerprint density at radius 3 is 3.12 bits per heavy atom. The molecule has 2 rings (SSSR count). The SMILES string of the molecule is CCn1cc(C(CC2CCCO2)NC)cn1. The lowest BCUT2D eigenvalue weighted by molar-refractivity contribution is 0.0954. The molecule has 2 heterocycles. The van der Waals surface area contributed by atoms with Gasteiger partial charge in [-0.3, -0.25) is 4.68 Å². The van der Waals surface area contributed by atoms with Crippen LogP contribution in [0.15, 0.2) is 12.4 Å². The summed E-state index contributed by atoms with van der Waals surface area (Å²) in [4.78, 5) is 0. The van der Waals surface area contributed by atoms with Gasteiger partial charge in [-0.15, -0.1) is 0 Å². The van der Waals surface area contributed by atoms with E-state index in [2.05, 4.69) is 23.5 Å². The van der Waals surface area contributed by atoms with Crippen LogP contribution in [-0.4, -0.2) is 29.5 Å². The van der Waals surface area contributed by atoms with Gasteiger partial charge in [-0.05, 0) is 33.2 Å². The summed E-state index contributed by atoms with van der Waals surface area (Å²) in [5.41, 5.74) is 1.26. The smallest absolute Gasteiger partial charge is 0.0594 e. The Morgan fingerprint density at radius 2 is 2.56 bits per heavy atom. The number of aromatic nitrogens is 2. The number of hydrogen-bond acceptors (Lipinski definition) is 3. The van der Waals surface area contributed by atoms with Crippen LogP contribution in [0.1, 0.15) is 37.8 Å². The molecule has 1 aliphatic heterocycles. The summed E-state index contributed by atoms with van der Waals surface area (Å²) in [5, 5.41) is 7.66. The quantitative estimate of drug-likeness (QED) is 0.826. The molecule has 0 radical (unpaired) electrons. The molecule has 0 saturated carbocycles. The maximum absolute atomic E-state index is 5.67. The minimum Gasteiger partial charge on any atom is -0.378 e. The summed E-state index contributed by atoms with van der Waals surface area (Å²) in [6.45, 7) is 3.96. The number of rotatable bonds is 5. The van der Waals surface area contributed by atoms with E-state index in [0.717, 1.165) is 19.6 Å². The van der Waals surface area contributed by atoms with Crippen molar-refractivity contribution < 1.29 is 4.74 Å². The molecule has 1 aliphatic rings. The fraction of sp³-hybridized carbons (Fsp3) is 0.750. The van der Waals surface area contributed by atoms with E-state index in [1.165, 1.54) is 18.4 Å². The first kappa shape index (κ1) is 11.6. The molecule has 0 bridgehead atoms. The first-order chi connectivity index (χ1) is 7.83. The van der Waals surface area contributed by atoms with E-state index in [-0.39, 0.29) is 0 Å². The fourth-order valence-electron chi connectivity index (χ4n) is 2.25. The molecule has 2 unspecified atom stereocenters. The third-order valence-electron chi connectivity index (χ3n) is 3.25. The van der Waals surface area contributed by atoms with Crippen molar-refractivity contribution >= 4 is 0 Å². The molecule has 1 saturated heterocycles. The van der Waals surface area contributed by atoms with Gasteiger partial charge in [0.25, 0.3) is 0 Å². The minimum absolute atomic E-state index is 0.364. The summed E-state index contributed by atoms with van der Waals surface area (Å²) in [5.74, 6) is 0. The van der Waals surface area contributed by atoms with Crippen molar-refractivity contribution in [2.24, 2.45) is 0 Å². The van der Waals surface area contributed by atoms with Crippen LogP contribution in [-0.2, 0) is 11.3 Å². The lowest BCUT2D eigenvalue weighted by Crippen LogP contribution is -2.21. The van der Waals surface area contributed by atoms with Crippen molar-refractivity contribution in [3.05, 3.63) is 18.0 Å². The molecule has 90 valence electrons. The highest BCUT2D eigenvalue weighted by atomic mass is 16.5. The van der Waals surface area contributed by atoms with E-state index in [1.807, 2.05) is 17.9 Å². The van der Waals surface area contributed by atoms with Gasteiger partial charge in [0.15, 0.2) is 0 Å². The summed E-state index contributed by atoms with van der Waals surface area (Å²) >= 11 is 0. The molecule has 0 spiro atoms. The summed E-state index contributed by atoms with van der Waals surface area (Å²) in [6, 6.07) is 0.364. The molecule has 0 aromatic carbocycles. The Balaban J connectivity index is 1.97. The van der Waals surface area contributed by atoms with Crippen LogP contribution >= 0.6 is 0 Å². The van der Waals surface area contributed by atoms with Gasteiger partial charge in [-0.25, -0.2) is 0 Å². The molecule has 4 nitrogen and oxygen atoms in total. The molecule has 0 aliphatic carbocycles. The Hall–Kier alpha value is -0.870. The monoisotopic (exact) mass is 223 g/mol. The predicted octanol–water partition coefficient (Wildman–Crippen LogP) is 1.73. The zero-order valence-electron chi connectivity index (χ0n) is 10.1. The first-order valence-corrected chi connectivity index (χ1v) is 6.14. The number of nitrogens with zero attached hydrogens (tertiary/aromatic N) is 2. The largest absolute Gasteiger partial charge is 0.378 e. The topological polar surface area (TPSA) is 39.1 Å². The lowest BCUT2D eigenvalue weighted by atomic mass is 10.0. The summed E-state index contributed by atoms with van der Waals surface area (Å²) < 4.78 is 7.64. The fourth-order valence-corrected chi connectivity index (χ4v) is 2.25. The van der Waals surface area contributed by atoms with Gasteiger partial charge in [0.2, 0.25) is 0 Å². The van der Waals surface area contributed by atoms with Crippen LogP contribution in [0, 0.1) is 0 Å².